The van der Waals surface area contributed by atoms with E-state index in [1.54, 1.807) is 18.2 Å². The molecule has 6 heteroatoms. The van der Waals surface area contributed by atoms with E-state index >= 15 is 0 Å². The van der Waals surface area contributed by atoms with Crippen molar-refractivity contribution in [3.8, 4) is 11.5 Å². The first-order chi connectivity index (χ1) is 12.6. The second kappa shape index (κ2) is 7.74. The van der Waals surface area contributed by atoms with Crippen LogP contribution in [0.3, 0.4) is 0 Å². The van der Waals surface area contributed by atoms with Crippen molar-refractivity contribution in [1.82, 2.24) is 0 Å². The van der Waals surface area contributed by atoms with Crippen LogP contribution >= 0.6 is 0 Å². The fourth-order valence-corrected chi connectivity index (χ4v) is 2.86. The highest BCUT2D eigenvalue weighted by atomic mass is 16.6. The molecule has 0 atom stereocenters. The molecule has 2 aromatic carbocycles. The summed E-state index contributed by atoms with van der Waals surface area (Å²) >= 11 is 0. The summed E-state index contributed by atoms with van der Waals surface area (Å²) in [6.45, 7) is 0.903. The normalized spacial score (nSPS) is 13.6. The van der Waals surface area contributed by atoms with E-state index in [1.807, 2.05) is 30.3 Å². The van der Waals surface area contributed by atoms with Gasteiger partial charge in [0, 0.05) is 5.57 Å². The molecule has 0 saturated heterocycles. The molecule has 0 bridgehead atoms. The van der Waals surface area contributed by atoms with Gasteiger partial charge in [0.2, 0.25) is 0 Å². The van der Waals surface area contributed by atoms with Crippen molar-refractivity contribution in [3.63, 3.8) is 0 Å². The fraction of sp³-hybridized carbons (Fsp3) is 0.200. The van der Waals surface area contributed by atoms with Gasteiger partial charge in [-0.25, -0.2) is 4.79 Å². The Bertz CT molecular complexity index is 854. The average Bonchev–Trinajstić information content (AvgIpc) is 2.67. The maximum absolute atomic E-state index is 12.3. The molecular formula is C20H18O6. The van der Waals surface area contributed by atoms with Gasteiger partial charge in [0.25, 0.3) is 0 Å². The van der Waals surface area contributed by atoms with Crippen molar-refractivity contribution >= 4 is 17.5 Å². The fourth-order valence-electron chi connectivity index (χ4n) is 2.86. The van der Waals surface area contributed by atoms with Crippen molar-refractivity contribution in [1.29, 1.82) is 0 Å². The van der Waals surface area contributed by atoms with E-state index in [2.05, 4.69) is 0 Å². The zero-order chi connectivity index (χ0) is 18.5. The van der Waals surface area contributed by atoms with Gasteiger partial charge in [-0.2, -0.15) is 0 Å². The molecule has 26 heavy (non-hydrogen) atoms. The van der Waals surface area contributed by atoms with Crippen LogP contribution < -0.4 is 9.47 Å². The summed E-state index contributed by atoms with van der Waals surface area (Å²) in [6.07, 6.45) is -0.453. The number of carbonyl (C=O) groups excluding carboxylic acids is 1. The molecule has 0 radical (unpaired) electrons. The van der Waals surface area contributed by atoms with Crippen molar-refractivity contribution in [2.75, 3.05) is 20.3 Å². The number of rotatable bonds is 5. The van der Waals surface area contributed by atoms with Crippen LogP contribution in [0.25, 0.3) is 5.57 Å². The Morgan fingerprint density at radius 2 is 1.69 bits per heavy atom. The Morgan fingerprint density at radius 3 is 2.35 bits per heavy atom. The molecule has 1 aliphatic rings. The van der Waals surface area contributed by atoms with Crippen LogP contribution in [0.1, 0.15) is 17.5 Å². The van der Waals surface area contributed by atoms with Gasteiger partial charge in [0.1, 0.15) is 13.2 Å². The van der Waals surface area contributed by atoms with Gasteiger partial charge in [-0.15, -0.1) is 0 Å². The van der Waals surface area contributed by atoms with Gasteiger partial charge in [-0.1, -0.05) is 36.4 Å². The second-order valence-corrected chi connectivity index (χ2v) is 5.64. The molecule has 3 rings (SSSR count). The van der Waals surface area contributed by atoms with E-state index in [0.29, 0.717) is 41.4 Å². The number of fused-ring (bicyclic) bond motifs is 1. The maximum Gasteiger partial charge on any atom is 0.334 e. The Kier molecular flexibility index (Phi) is 5.22. The highest BCUT2D eigenvalue weighted by molar-refractivity contribution is 6.04. The number of methoxy groups -OCH3 is 1. The van der Waals surface area contributed by atoms with E-state index in [-0.39, 0.29) is 5.57 Å². The molecule has 0 saturated carbocycles. The molecule has 1 heterocycles. The molecular weight excluding hydrogens is 336 g/mol. The third-order valence-electron chi connectivity index (χ3n) is 3.95. The molecule has 0 spiro atoms. The summed E-state index contributed by atoms with van der Waals surface area (Å²) in [7, 11) is 1.23. The molecule has 0 aromatic heterocycles. The van der Waals surface area contributed by atoms with Gasteiger partial charge >= 0.3 is 11.9 Å². The van der Waals surface area contributed by atoms with Gasteiger partial charge in [0.05, 0.1) is 19.1 Å². The van der Waals surface area contributed by atoms with E-state index in [9.17, 15) is 14.7 Å². The molecule has 0 fully saturated rings. The lowest BCUT2D eigenvalue weighted by Gasteiger charge is -2.20. The van der Waals surface area contributed by atoms with Gasteiger partial charge in [0.15, 0.2) is 11.5 Å². The highest BCUT2D eigenvalue weighted by Gasteiger charge is 2.23. The SMILES string of the molecule is COC(=O)/C(CC(=O)O)=C(\c1ccccc1)c1ccc2c(c1)OCCO2. The molecule has 2 aromatic rings. The minimum Gasteiger partial charge on any atom is -0.486 e. The van der Waals surface area contributed by atoms with Crippen LogP contribution in [0.2, 0.25) is 0 Å². The van der Waals surface area contributed by atoms with Crippen LogP contribution in [0.4, 0.5) is 0 Å². The summed E-state index contributed by atoms with van der Waals surface area (Å²) in [5, 5.41) is 9.28. The molecule has 1 aliphatic heterocycles. The number of aliphatic carboxylic acids is 1. The number of hydrogen-bond acceptors (Lipinski definition) is 5. The lowest BCUT2D eigenvalue weighted by molar-refractivity contribution is -0.141. The number of hydrogen-bond donors (Lipinski definition) is 1. The number of carboxylic acids is 1. The largest absolute Gasteiger partial charge is 0.486 e. The van der Waals surface area contributed by atoms with E-state index in [1.165, 1.54) is 7.11 Å². The Hall–Kier alpha value is -3.28. The summed E-state index contributed by atoms with van der Waals surface area (Å²) in [4.78, 5) is 23.7. The molecule has 0 unspecified atom stereocenters. The smallest absolute Gasteiger partial charge is 0.334 e. The van der Waals surface area contributed by atoms with E-state index in [4.69, 9.17) is 14.2 Å². The Morgan fingerprint density at radius 1 is 1.00 bits per heavy atom. The predicted octanol–water partition coefficient (Wildman–Crippen LogP) is 2.91. The van der Waals surface area contributed by atoms with Crippen LogP contribution in [-0.4, -0.2) is 37.4 Å². The predicted molar refractivity (Wildman–Crippen MR) is 94.2 cm³/mol. The zero-order valence-corrected chi connectivity index (χ0v) is 14.2. The van der Waals surface area contributed by atoms with E-state index in [0.717, 1.165) is 0 Å². The third-order valence-corrected chi connectivity index (χ3v) is 3.95. The lowest BCUT2D eigenvalue weighted by atomic mass is 9.91. The Balaban J connectivity index is 2.22. The lowest BCUT2D eigenvalue weighted by Crippen LogP contribution is -2.16. The summed E-state index contributed by atoms with van der Waals surface area (Å²) in [5.41, 5.74) is 1.94. The van der Waals surface area contributed by atoms with Crippen molar-refractivity contribution in [3.05, 3.63) is 65.2 Å². The topological polar surface area (TPSA) is 82.1 Å². The maximum atomic E-state index is 12.3. The summed E-state index contributed by atoms with van der Waals surface area (Å²) < 4.78 is 16.0. The summed E-state index contributed by atoms with van der Waals surface area (Å²) in [6, 6.07) is 14.4. The quantitative estimate of drug-likeness (QED) is 0.657. The van der Waals surface area contributed by atoms with Gasteiger partial charge < -0.3 is 19.3 Å². The van der Waals surface area contributed by atoms with Gasteiger partial charge in [-0.3, -0.25) is 4.79 Å². The third kappa shape index (κ3) is 3.69. The number of carbonyl (C=O) groups is 2. The van der Waals surface area contributed by atoms with Crippen molar-refractivity contribution in [2.45, 2.75) is 6.42 Å². The molecule has 1 N–H and O–H groups in total. The minimum atomic E-state index is -1.11. The highest BCUT2D eigenvalue weighted by Crippen LogP contribution is 2.36. The first-order valence-electron chi connectivity index (χ1n) is 8.09. The number of benzene rings is 2. The Labute approximate surface area is 150 Å². The van der Waals surface area contributed by atoms with Crippen molar-refractivity contribution in [2.24, 2.45) is 0 Å². The number of ether oxygens (including phenoxy) is 3. The zero-order valence-electron chi connectivity index (χ0n) is 14.2. The van der Waals surface area contributed by atoms with Gasteiger partial charge in [-0.05, 0) is 23.3 Å². The first kappa shape index (κ1) is 17.5. The monoisotopic (exact) mass is 354 g/mol. The minimum absolute atomic E-state index is 0.0721. The van der Waals surface area contributed by atoms with E-state index < -0.39 is 18.4 Å². The summed E-state index contributed by atoms with van der Waals surface area (Å²) in [5.74, 6) is -0.621. The van der Waals surface area contributed by atoms with Crippen LogP contribution in [0, 0.1) is 0 Å². The molecule has 0 amide bonds. The standard InChI is InChI=1S/C20H18O6/c1-24-20(23)15(12-18(21)22)19(13-5-3-2-4-6-13)14-7-8-16-17(11-14)26-10-9-25-16/h2-8,11H,9-10,12H2,1H3,(H,21,22)/b19-15+. The molecule has 0 aliphatic carbocycles. The second-order valence-electron chi connectivity index (χ2n) is 5.64. The average molecular weight is 354 g/mol. The van der Waals surface area contributed by atoms with Crippen molar-refractivity contribution < 1.29 is 28.9 Å². The molecule has 6 nitrogen and oxygen atoms in total. The van der Waals surface area contributed by atoms with Crippen LogP contribution in [0.15, 0.2) is 54.1 Å². The number of esters is 1. The molecule has 134 valence electrons. The first-order valence-corrected chi connectivity index (χ1v) is 8.09. The number of carboxylic acid groups (broad SMARTS) is 1. The van der Waals surface area contributed by atoms with Crippen LogP contribution in [0.5, 0.6) is 11.5 Å². The van der Waals surface area contributed by atoms with Crippen LogP contribution in [-0.2, 0) is 14.3 Å².